The van der Waals surface area contributed by atoms with E-state index in [-0.39, 0.29) is 11.7 Å². The van der Waals surface area contributed by atoms with Gasteiger partial charge in [-0.25, -0.2) is 4.39 Å². The lowest BCUT2D eigenvalue weighted by Gasteiger charge is -2.28. The topological polar surface area (TPSA) is 47.7 Å². The van der Waals surface area contributed by atoms with E-state index in [1.165, 1.54) is 0 Å². The summed E-state index contributed by atoms with van der Waals surface area (Å²) in [5.41, 5.74) is 6.24. The van der Waals surface area contributed by atoms with Crippen molar-refractivity contribution in [2.24, 2.45) is 0 Å². The normalized spacial score (nSPS) is 12.6. The fraction of sp³-hybridized carbons (Fsp3) is 0.500. The van der Waals surface area contributed by atoms with Crippen LogP contribution in [0.25, 0.3) is 0 Å². The van der Waals surface area contributed by atoms with Crippen LogP contribution in [0.3, 0.4) is 0 Å². The van der Waals surface area contributed by atoms with E-state index in [9.17, 15) is 13.2 Å². The van der Waals surface area contributed by atoms with Crippen molar-refractivity contribution in [3.63, 3.8) is 0 Å². The lowest BCUT2D eigenvalue weighted by atomic mass is 10.2. The number of alkyl halides is 2. The molecule has 1 atom stereocenters. The molecular formula is C12H17F3N2O2. The van der Waals surface area contributed by atoms with Crippen molar-refractivity contribution < 1.29 is 22.6 Å². The fourth-order valence-electron chi connectivity index (χ4n) is 1.64. The van der Waals surface area contributed by atoms with Gasteiger partial charge in [-0.05, 0) is 6.92 Å². The number of ether oxygens (including phenoxy) is 2. The van der Waals surface area contributed by atoms with E-state index in [0.29, 0.717) is 12.3 Å². The summed E-state index contributed by atoms with van der Waals surface area (Å²) in [6.07, 6.45) is 0. The number of methoxy groups -OCH3 is 1. The predicted molar refractivity (Wildman–Crippen MR) is 67.2 cm³/mol. The summed E-state index contributed by atoms with van der Waals surface area (Å²) in [5, 5.41) is 0. The molecular weight excluding hydrogens is 261 g/mol. The van der Waals surface area contributed by atoms with Gasteiger partial charge in [0.15, 0.2) is 11.6 Å². The van der Waals surface area contributed by atoms with Crippen molar-refractivity contribution in [1.29, 1.82) is 0 Å². The molecule has 4 nitrogen and oxygen atoms in total. The molecule has 0 aromatic heterocycles. The van der Waals surface area contributed by atoms with Gasteiger partial charge in [0, 0.05) is 32.3 Å². The van der Waals surface area contributed by atoms with Crippen molar-refractivity contribution in [2.45, 2.75) is 19.6 Å². The Bertz CT molecular complexity index is 430. The first-order chi connectivity index (χ1) is 8.86. The zero-order chi connectivity index (χ0) is 14.6. The maximum Gasteiger partial charge on any atom is 0.387 e. The second-order valence-electron chi connectivity index (χ2n) is 4.14. The van der Waals surface area contributed by atoms with Crippen molar-refractivity contribution >= 4 is 11.4 Å². The quantitative estimate of drug-likeness (QED) is 0.812. The zero-order valence-electron chi connectivity index (χ0n) is 11.0. The standard InChI is InChI=1S/C12H17F3N2O2/c1-7(6-18-3)17(2)10-5-11(19-12(14)15)8(13)4-9(10)16/h4-5,7,12H,6,16H2,1-3H3. The van der Waals surface area contributed by atoms with Crippen LogP contribution < -0.4 is 15.4 Å². The summed E-state index contributed by atoms with van der Waals surface area (Å²) in [4.78, 5) is 1.70. The number of nitrogens with zero attached hydrogens (tertiary/aromatic N) is 1. The minimum atomic E-state index is -3.09. The number of likely N-dealkylation sites (N-methyl/N-ethyl adjacent to an activating group) is 1. The van der Waals surface area contributed by atoms with Gasteiger partial charge in [0.05, 0.1) is 18.0 Å². The van der Waals surface area contributed by atoms with Crippen LogP contribution in [0.2, 0.25) is 0 Å². The van der Waals surface area contributed by atoms with E-state index in [0.717, 1.165) is 12.1 Å². The van der Waals surface area contributed by atoms with Crippen LogP contribution in [0.1, 0.15) is 6.92 Å². The molecule has 1 unspecified atom stereocenters. The van der Waals surface area contributed by atoms with Crippen LogP contribution in [0.4, 0.5) is 24.5 Å². The molecule has 0 aliphatic carbocycles. The van der Waals surface area contributed by atoms with E-state index in [1.54, 1.807) is 19.1 Å². The molecule has 0 fully saturated rings. The second-order valence-corrected chi connectivity index (χ2v) is 4.14. The molecule has 1 aromatic carbocycles. The van der Waals surface area contributed by atoms with Gasteiger partial charge >= 0.3 is 6.61 Å². The van der Waals surface area contributed by atoms with Gasteiger partial charge in [-0.15, -0.1) is 0 Å². The summed E-state index contributed by atoms with van der Waals surface area (Å²) in [6, 6.07) is 2.06. The van der Waals surface area contributed by atoms with Gasteiger partial charge < -0.3 is 20.1 Å². The summed E-state index contributed by atoms with van der Waals surface area (Å²) in [5.74, 6) is -1.45. The Labute approximate surface area is 109 Å². The number of nitrogen functional groups attached to an aromatic ring is 1. The van der Waals surface area contributed by atoms with Crippen LogP contribution >= 0.6 is 0 Å². The summed E-state index contributed by atoms with van der Waals surface area (Å²) >= 11 is 0. The second kappa shape index (κ2) is 6.51. The van der Waals surface area contributed by atoms with Gasteiger partial charge in [0.2, 0.25) is 0 Å². The molecule has 0 aliphatic heterocycles. The van der Waals surface area contributed by atoms with Gasteiger partial charge in [0.1, 0.15) is 0 Å². The van der Waals surface area contributed by atoms with Crippen molar-refractivity contribution in [3.8, 4) is 5.75 Å². The molecule has 0 radical (unpaired) electrons. The number of benzene rings is 1. The summed E-state index contributed by atoms with van der Waals surface area (Å²) < 4.78 is 46.8. The first-order valence-corrected chi connectivity index (χ1v) is 5.62. The fourth-order valence-corrected chi connectivity index (χ4v) is 1.64. The molecule has 0 bridgehead atoms. The highest BCUT2D eigenvalue weighted by Gasteiger charge is 2.18. The molecule has 1 rings (SSSR count). The van der Waals surface area contributed by atoms with Gasteiger partial charge in [-0.1, -0.05) is 0 Å². The average molecular weight is 278 g/mol. The molecule has 0 saturated carbocycles. The lowest BCUT2D eigenvalue weighted by molar-refractivity contribution is -0.0521. The van der Waals surface area contributed by atoms with Gasteiger partial charge in [0.25, 0.3) is 0 Å². The van der Waals surface area contributed by atoms with Crippen LogP contribution in [0.5, 0.6) is 5.75 Å². The number of nitrogens with two attached hydrogens (primary N) is 1. The Morgan fingerprint density at radius 3 is 2.53 bits per heavy atom. The smallest absolute Gasteiger partial charge is 0.387 e. The van der Waals surface area contributed by atoms with E-state index in [1.807, 2.05) is 6.92 Å². The number of hydrogen-bond donors (Lipinski definition) is 1. The SMILES string of the molecule is COCC(C)N(C)c1cc(OC(F)F)c(F)cc1N. The number of hydrogen-bond acceptors (Lipinski definition) is 4. The third-order valence-corrected chi connectivity index (χ3v) is 2.75. The van der Waals surface area contributed by atoms with Crippen molar-refractivity contribution in [3.05, 3.63) is 17.9 Å². The molecule has 1 aromatic rings. The molecule has 0 spiro atoms. The molecule has 0 amide bonds. The Morgan fingerprint density at radius 1 is 1.37 bits per heavy atom. The predicted octanol–water partition coefficient (Wildman–Crippen LogP) is 2.48. The molecule has 0 heterocycles. The van der Waals surface area contributed by atoms with Crippen molar-refractivity contribution in [1.82, 2.24) is 0 Å². The maximum absolute atomic E-state index is 13.4. The monoisotopic (exact) mass is 278 g/mol. The maximum atomic E-state index is 13.4. The minimum Gasteiger partial charge on any atom is -0.432 e. The van der Waals surface area contributed by atoms with Gasteiger partial charge in [-0.2, -0.15) is 8.78 Å². The molecule has 0 aliphatic rings. The van der Waals surface area contributed by atoms with E-state index < -0.39 is 18.2 Å². The highest BCUT2D eigenvalue weighted by atomic mass is 19.3. The molecule has 2 N–H and O–H groups in total. The molecule has 19 heavy (non-hydrogen) atoms. The number of anilines is 2. The Balaban J connectivity index is 3.06. The highest BCUT2D eigenvalue weighted by Crippen LogP contribution is 2.32. The number of rotatable bonds is 6. The molecule has 0 saturated heterocycles. The number of halogens is 3. The third-order valence-electron chi connectivity index (χ3n) is 2.75. The molecule has 108 valence electrons. The first kappa shape index (κ1) is 15.4. The Morgan fingerprint density at radius 2 is 2.00 bits per heavy atom. The molecule has 7 heteroatoms. The van der Waals surface area contributed by atoms with Crippen LogP contribution in [-0.2, 0) is 4.74 Å². The van der Waals surface area contributed by atoms with Gasteiger partial charge in [-0.3, -0.25) is 0 Å². The summed E-state index contributed by atoms with van der Waals surface area (Å²) in [6.45, 7) is -0.814. The summed E-state index contributed by atoms with van der Waals surface area (Å²) in [7, 11) is 3.25. The zero-order valence-corrected chi connectivity index (χ0v) is 11.0. The van der Waals surface area contributed by atoms with E-state index in [4.69, 9.17) is 10.5 Å². The minimum absolute atomic E-state index is 0.0582. The van der Waals surface area contributed by atoms with Crippen LogP contribution in [0.15, 0.2) is 12.1 Å². The highest BCUT2D eigenvalue weighted by molar-refractivity contribution is 5.70. The first-order valence-electron chi connectivity index (χ1n) is 5.62. The largest absolute Gasteiger partial charge is 0.432 e. The van der Waals surface area contributed by atoms with E-state index in [2.05, 4.69) is 4.74 Å². The Kier molecular flexibility index (Phi) is 5.29. The van der Waals surface area contributed by atoms with Crippen molar-refractivity contribution in [2.75, 3.05) is 31.4 Å². The Hall–Kier alpha value is -1.63. The third kappa shape index (κ3) is 3.92. The average Bonchev–Trinajstić information content (AvgIpc) is 2.31. The van der Waals surface area contributed by atoms with Crippen LogP contribution in [-0.4, -0.2) is 33.4 Å². The van der Waals surface area contributed by atoms with Crippen LogP contribution in [0, 0.1) is 5.82 Å². The van der Waals surface area contributed by atoms with E-state index >= 15 is 0 Å². The lowest BCUT2D eigenvalue weighted by Crippen LogP contribution is -2.33.